The van der Waals surface area contributed by atoms with E-state index >= 15 is 0 Å². The molecule has 3 nitrogen and oxygen atoms in total. The molecule has 0 aliphatic heterocycles. The van der Waals surface area contributed by atoms with E-state index in [9.17, 15) is 9.18 Å². The minimum atomic E-state index is -0.462. The predicted molar refractivity (Wildman–Crippen MR) is 92.9 cm³/mol. The van der Waals surface area contributed by atoms with Crippen LogP contribution in [0.2, 0.25) is 5.02 Å². The Kier molecular flexibility index (Phi) is 5.33. The summed E-state index contributed by atoms with van der Waals surface area (Å²) in [7, 11) is 0. The van der Waals surface area contributed by atoms with Crippen LogP contribution in [0.25, 0.3) is 0 Å². The number of amides is 1. The number of benzene rings is 1. The summed E-state index contributed by atoms with van der Waals surface area (Å²) in [5.41, 5.74) is 1.19. The molecule has 0 saturated carbocycles. The number of rotatable bonds is 6. The van der Waals surface area contributed by atoms with Gasteiger partial charge in [-0.1, -0.05) is 17.7 Å². The van der Waals surface area contributed by atoms with Gasteiger partial charge in [0.1, 0.15) is 5.82 Å². The van der Waals surface area contributed by atoms with Crippen molar-refractivity contribution in [2.24, 2.45) is 0 Å². The van der Waals surface area contributed by atoms with E-state index in [1.807, 2.05) is 23.6 Å². The van der Waals surface area contributed by atoms with Gasteiger partial charge in [-0.25, -0.2) is 4.39 Å². The first kappa shape index (κ1) is 16.7. The molecule has 0 unspecified atom stereocenters. The van der Waals surface area contributed by atoms with Crippen molar-refractivity contribution >= 4 is 28.8 Å². The lowest BCUT2D eigenvalue weighted by atomic mass is 10.1. The van der Waals surface area contributed by atoms with Crippen molar-refractivity contribution in [3.63, 3.8) is 0 Å². The predicted octanol–water partition coefficient (Wildman–Crippen LogP) is 5.02. The Hall–Kier alpha value is -2.11. The first-order valence-corrected chi connectivity index (χ1v) is 8.67. The Morgan fingerprint density at radius 1 is 1.29 bits per heavy atom. The van der Waals surface area contributed by atoms with Gasteiger partial charge in [0.2, 0.25) is 0 Å². The summed E-state index contributed by atoms with van der Waals surface area (Å²) in [5.74, 6) is -0.686. The minimum Gasteiger partial charge on any atom is -0.472 e. The summed E-state index contributed by atoms with van der Waals surface area (Å²) in [4.78, 5) is 15.8. The Balaban J connectivity index is 1.80. The Morgan fingerprint density at radius 2 is 2.17 bits per heavy atom. The van der Waals surface area contributed by atoms with E-state index < -0.39 is 5.82 Å². The van der Waals surface area contributed by atoms with Gasteiger partial charge in [0.05, 0.1) is 23.1 Å². The SMILES string of the molecule is O=C(c1ccc(F)cc1Cl)N(CCc1cccs1)Cc1ccoc1. The molecule has 6 heteroatoms. The molecule has 1 amide bonds. The number of halogens is 2. The lowest BCUT2D eigenvalue weighted by molar-refractivity contribution is 0.0745. The van der Waals surface area contributed by atoms with Crippen LogP contribution in [0.4, 0.5) is 4.39 Å². The molecule has 2 aromatic heterocycles. The summed E-state index contributed by atoms with van der Waals surface area (Å²) < 4.78 is 18.3. The molecular weight excluding hydrogens is 349 g/mol. The first-order chi connectivity index (χ1) is 11.6. The number of hydrogen-bond acceptors (Lipinski definition) is 3. The van der Waals surface area contributed by atoms with Gasteiger partial charge in [0.25, 0.3) is 5.91 Å². The minimum absolute atomic E-state index is 0.119. The second-order valence-electron chi connectivity index (χ2n) is 5.31. The standard InChI is InChI=1S/C18H15ClFNO2S/c19-17-10-14(20)3-4-16(17)18(22)21(11-13-6-8-23-12-13)7-5-15-2-1-9-24-15/h1-4,6,8-10,12H,5,7,11H2. The highest BCUT2D eigenvalue weighted by molar-refractivity contribution is 7.09. The maximum atomic E-state index is 13.2. The molecule has 0 N–H and O–H groups in total. The molecule has 0 atom stereocenters. The zero-order valence-electron chi connectivity index (χ0n) is 12.7. The van der Waals surface area contributed by atoms with Gasteiger partial charge >= 0.3 is 0 Å². The molecule has 0 aliphatic rings. The number of nitrogens with zero attached hydrogens (tertiary/aromatic N) is 1. The molecule has 3 rings (SSSR count). The molecule has 3 aromatic rings. The number of furan rings is 1. The molecular formula is C18H15ClFNO2S. The molecule has 2 heterocycles. The smallest absolute Gasteiger partial charge is 0.255 e. The summed E-state index contributed by atoms with van der Waals surface area (Å²) in [6.07, 6.45) is 3.93. The fourth-order valence-corrected chi connectivity index (χ4v) is 3.33. The van der Waals surface area contributed by atoms with Crippen molar-refractivity contribution in [3.05, 3.63) is 81.1 Å². The third-order valence-electron chi connectivity index (χ3n) is 3.61. The highest BCUT2D eigenvalue weighted by Crippen LogP contribution is 2.21. The van der Waals surface area contributed by atoms with Crippen LogP contribution >= 0.6 is 22.9 Å². The van der Waals surface area contributed by atoms with E-state index in [0.29, 0.717) is 18.7 Å². The van der Waals surface area contributed by atoms with Crippen LogP contribution in [-0.2, 0) is 13.0 Å². The molecule has 124 valence electrons. The largest absolute Gasteiger partial charge is 0.472 e. The van der Waals surface area contributed by atoms with Crippen molar-refractivity contribution in [1.29, 1.82) is 0 Å². The van der Waals surface area contributed by atoms with Crippen molar-refractivity contribution < 1.29 is 13.6 Å². The zero-order chi connectivity index (χ0) is 16.9. The van der Waals surface area contributed by atoms with E-state index in [4.69, 9.17) is 16.0 Å². The van der Waals surface area contributed by atoms with Crippen LogP contribution in [-0.4, -0.2) is 17.4 Å². The van der Waals surface area contributed by atoms with Crippen molar-refractivity contribution in [3.8, 4) is 0 Å². The van der Waals surface area contributed by atoms with Gasteiger partial charge in [-0.05, 0) is 42.1 Å². The maximum Gasteiger partial charge on any atom is 0.255 e. The summed E-state index contributed by atoms with van der Waals surface area (Å²) >= 11 is 7.70. The van der Waals surface area contributed by atoms with Gasteiger partial charge in [-0.3, -0.25) is 4.79 Å². The van der Waals surface area contributed by atoms with Gasteiger partial charge in [-0.2, -0.15) is 0 Å². The molecule has 0 bridgehead atoms. The zero-order valence-corrected chi connectivity index (χ0v) is 14.3. The normalized spacial score (nSPS) is 10.8. The molecule has 0 aliphatic carbocycles. The van der Waals surface area contributed by atoms with Crippen LogP contribution in [0.1, 0.15) is 20.8 Å². The fraction of sp³-hybridized carbons (Fsp3) is 0.167. The van der Waals surface area contributed by atoms with Crippen molar-refractivity contribution in [2.75, 3.05) is 6.54 Å². The van der Waals surface area contributed by atoms with Crippen molar-refractivity contribution in [1.82, 2.24) is 4.90 Å². The van der Waals surface area contributed by atoms with E-state index in [1.165, 1.54) is 17.0 Å². The lowest BCUT2D eigenvalue weighted by Gasteiger charge is -2.22. The van der Waals surface area contributed by atoms with Gasteiger partial charge in [0.15, 0.2) is 0 Å². The topological polar surface area (TPSA) is 33.5 Å². The second-order valence-corrected chi connectivity index (χ2v) is 6.75. The highest BCUT2D eigenvalue weighted by Gasteiger charge is 2.19. The Bertz CT molecular complexity index is 803. The number of thiophene rings is 1. The van der Waals surface area contributed by atoms with Crippen LogP contribution in [0.5, 0.6) is 0 Å². The van der Waals surface area contributed by atoms with Crippen LogP contribution in [0.15, 0.2) is 58.7 Å². The highest BCUT2D eigenvalue weighted by atomic mass is 35.5. The van der Waals surface area contributed by atoms with Crippen LogP contribution < -0.4 is 0 Å². The molecule has 1 aromatic carbocycles. The average Bonchev–Trinajstić information content (AvgIpc) is 3.24. The fourth-order valence-electron chi connectivity index (χ4n) is 2.39. The molecule has 0 fully saturated rings. The summed E-state index contributed by atoms with van der Waals surface area (Å²) in [6.45, 7) is 0.951. The van der Waals surface area contributed by atoms with Gasteiger partial charge < -0.3 is 9.32 Å². The van der Waals surface area contributed by atoms with Crippen molar-refractivity contribution in [2.45, 2.75) is 13.0 Å². The lowest BCUT2D eigenvalue weighted by Crippen LogP contribution is -2.32. The summed E-state index contributed by atoms with van der Waals surface area (Å²) in [5, 5.41) is 2.13. The molecule has 0 spiro atoms. The first-order valence-electron chi connectivity index (χ1n) is 7.41. The van der Waals surface area contributed by atoms with Gasteiger partial charge in [-0.15, -0.1) is 11.3 Å². The number of hydrogen-bond donors (Lipinski definition) is 0. The molecule has 0 saturated heterocycles. The third kappa shape index (κ3) is 4.04. The van der Waals surface area contributed by atoms with Gasteiger partial charge in [0, 0.05) is 23.5 Å². The quantitative estimate of drug-likeness (QED) is 0.616. The molecule has 0 radical (unpaired) electrons. The monoisotopic (exact) mass is 363 g/mol. The third-order valence-corrected chi connectivity index (χ3v) is 4.86. The van der Waals surface area contributed by atoms with E-state index in [1.54, 1.807) is 28.8 Å². The average molecular weight is 364 g/mol. The van der Waals surface area contributed by atoms with E-state index in [2.05, 4.69) is 0 Å². The number of carbonyl (C=O) groups is 1. The number of carbonyl (C=O) groups excluding carboxylic acids is 1. The Labute approximate surface area is 148 Å². The van der Waals surface area contributed by atoms with E-state index in [-0.39, 0.29) is 10.9 Å². The second kappa shape index (κ2) is 7.64. The van der Waals surface area contributed by atoms with E-state index in [0.717, 1.165) is 18.1 Å². The van der Waals surface area contributed by atoms with Crippen LogP contribution in [0, 0.1) is 5.82 Å². The Morgan fingerprint density at radius 3 is 2.83 bits per heavy atom. The van der Waals surface area contributed by atoms with Crippen LogP contribution in [0.3, 0.4) is 0 Å². The summed E-state index contributed by atoms with van der Waals surface area (Å²) in [6, 6.07) is 9.67. The maximum absolute atomic E-state index is 13.2. The molecule has 24 heavy (non-hydrogen) atoms.